The summed E-state index contributed by atoms with van der Waals surface area (Å²) in [7, 11) is 3.19. The minimum absolute atomic E-state index is 0.192. The molecule has 0 bridgehead atoms. The quantitative estimate of drug-likeness (QED) is 0.896. The molecule has 0 radical (unpaired) electrons. The number of ether oxygens (including phenoxy) is 2. The molecule has 2 aromatic rings. The van der Waals surface area contributed by atoms with Crippen LogP contribution in [0.4, 0.5) is 5.95 Å². The molecule has 0 atom stereocenters. The number of hydrogen-bond acceptors (Lipinski definition) is 5. The Morgan fingerprint density at radius 3 is 2.44 bits per heavy atom. The number of hydrogen-bond donors (Lipinski definition) is 1. The third kappa shape index (κ3) is 2.34. The zero-order chi connectivity index (χ0) is 13.1. The minimum atomic E-state index is 0.192. The van der Waals surface area contributed by atoms with Gasteiger partial charge in [0.2, 0.25) is 11.8 Å². The smallest absolute Gasteiger partial charge is 0.223 e. The van der Waals surface area contributed by atoms with Crippen molar-refractivity contribution in [3.8, 4) is 22.9 Å². The predicted octanol–water partition coefficient (Wildman–Crippen LogP) is 2.05. The number of anilines is 1. The van der Waals surface area contributed by atoms with Gasteiger partial charge in [-0.1, -0.05) is 0 Å². The molecule has 0 unspecified atom stereocenters. The molecule has 1 aromatic carbocycles. The van der Waals surface area contributed by atoms with E-state index >= 15 is 0 Å². The molecule has 2 N–H and O–H groups in total. The second kappa shape index (κ2) is 4.91. The summed E-state index contributed by atoms with van der Waals surface area (Å²) in [6.45, 7) is 1.98. The fraction of sp³-hybridized carbons (Fsp3) is 0.231. The molecule has 0 saturated heterocycles. The summed E-state index contributed by atoms with van der Waals surface area (Å²) in [6.07, 6.45) is 0. The molecule has 94 valence electrons. The van der Waals surface area contributed by atoms with Crippen LogP contribution in [0.25, 0.3) is 11.3 Å². The molecule has 0 fully saturated rings. The second-order valence-electron chi connectivity index (χ2n) is 3.84. The first kappa shape index (κ1) is 12.2. The van der Waals surface area contributed by atoms with E-state index in [0.29, 0.717) is 5.88 Å². The van der Waals surface area contributed by atoms with E-state index < -0.39 is 0 Å². The van der Waals surface area contributed by atoms with E-state index in [4.69, 9.17) is 15.2 Å². The van der Waals surface area contributed by atoms with Crippen LogP contribution in [0.3, 0.4) is 0 Å². The molecule has 1 aromatic heterocycles. The third-order valence-corrected chi connectivity index (χ3v) is 2.62. The van der Waals surface area contributed by atoms with Crippen molar-refractivity contribution >= 4 is 5.95 Å². The first-order valence-corrected chi connectivity index (χ1v) is 5.47. The molecule has 5 nitrogen and oxygen atoms in total. The lowest BCUT2D eigenvalue weighted by molar-refractivity contribution is 0.398. The van der Waals surface area contributed by atoms with Gasteiger partial charge in [-0.2, -0.15) is 4.98 Å². The lowest BCUT2D eigenvalue weighted by Gasteiger charge is -2.08. The first-order valence-electron chi connectivity index (χ1n) is 5.47. The number of rotatable bonds is 3. The minimum Gasteiger partial charge on any atom is -0.496 e. The van der Waals surface area contributed by atoms with Crippen LogP contribution in [0.2, 0.25) is 0 Å². The highest BCUT2D eigenvalue weighted by Crippen LogP contribution is 2.26. The van der Waals surface area contributed by atoms with Crippen molar-refractivity contribution in [2.75, 3.05) is 20.0 Å². The van der Waals surface area contributed by atoms with E-state index in [2.05, 4.69) is 9.97 Å². The number of aromatic nitrogens is 2. The largest absolute Gasteiger partial charge is 0.496 e. The Balaban J connectivity index is 2.48. The van der Waals surface area contributed by atoms with Gasteiger partial charge in [0.05, 0.1) is 19.9 Å². The van der Waals surface area contributed by atoms with E-state index in [-0.39, 0.29) is 5.95 Å². The van der Waals surface area contributed by atoms with Crippen LogP contribution < -0.4 is 15.2 Å². The van der Waals surface area contributed by atoms with Gasteiger partial charge in [-0.15, -0.1) is 0 Å². The highest BCUT2D eigenvalue weighted by atomic mass is 16.5. The lowest BCUT2D eigenvalue weighted by Crippen LogP contribution is -1.99. The maximum Gasteiger partial charge on any atom is 0.223 e. The molecule has 5 heteroatoms. The van der Waals surface area contributed by atoms with Crippen molar-refractivity contribution in [1.29, 1.82) is 0 Å². The van der Waals surface area contributed by atoms with Crippen LogP contribution in [0, 0.1) is 6.92 Å². The number of nitrogen functional groups attached to an aromatic ring is 1. The second-order valence-corrected chi connectivity index (χ2v) is 3.84. The van der Waals surface area contributed by atoms with Crippen molar-refractivity contribution in [2.24, 2.45) is 0 Å². The average Bonchev–Trinajstić information content (AvgIpc) is 2.37. The zero-order valence-corrected chi connectivity index (χ0v) is 10.6. The van der Waals surface area contributed by atoms with E-state index in [9.17, 15) is 0 Å². The summed E-state index contributed by atoms with van der Waals surface area (Å²) in [5.41, 5.74) is 8.35. The first-order chi connectivity index (χ1) is 8.63. The molecule has 18 heavy (non-hydrogen) atoms. The van der Waals surface area contributed by atoms with Gasteiger partial charge in [0.25, 0.3) is 0 Å². The summed E-state index contributed by atoms with van der Waals surface area (Å²) in [5, 5.41) is 0. The van der Waals surface area contributed by atoms with Crippen LogP contribution in [-0.2, 0) is 0 Å². The Hall–Kier alpha value is -2.30. The predicted molar refractivity (Wildman–Crippen MR) is 69.7 cm³/mol. The fourth-order valence-electron chi connectivity index (χ4n) is 1.73. The van der Waals surface area contributed by atoms with E-state index in [1.807, 2.05) is 25.1 Å². The van der Waals surface area contributed by atoms with Gasteiger partial charge in [0.15, 0.2) is 0 Å². The SMILES string of the molecule is COc1cc(-c2ccc(OC)c(C)c2)nc(N)n1. The number of nitrogens with two attached hydrogens (primary N) is 1. The van der Waals surface area contributed by atoms with Crippen LogP contribution in [0.15, 0.2) is 24.3 Å². The normalized spacial score (nSPS) is 10.2. The zero-order valence-electron chi connectivity index (χ0n) is 10.6. The number of nitrogens with zero attached hydrogens (tertiary/aromatic N) is 2. The van der Waals surface area contributed by atoms with Gasteiger partial charge >= 0.3 is 0 Å². The molecule has 2 rings (SSSR count). The van der Waals surface area contributed by atoms with E-state index in [1.54, 1.807) is 20.3 Å². The summed E-state index contributed by atoms with van der Waals surface area (Å²) in [6, 6.07) is 7.56. The van der Waals surface area contributed by atoms with Crippen LogP contribution in [-0.4, -0.2) is 24.2 Å². The monoisotopic (exact) mass is 245 g/mol. The van der Waals surface area contributed by atoms with Crippen molar-refractivity contribution < 1.29 is 9.47 Å². The van der Waals surface area contributed by atoms with Crippen LogP contribution in [0.5, 0.6) is 11.6 Å². The molecular weight excluding hydrogens is 230 g/mol. The van der Waals surface area contributed by atoms with E-state index in [0.717, 1.165) is 22.6 Å². The standard InChI is InChI=1S/C13H15N3O2/c1-8-6-9(4-5-11(8)17-2)10-7-12(18-3)16-13(14)15-10/h4-7H,1-3H3,(H2,14,15,16). The van der Waals surface area contributed by atoms with Gasteiger partial charge < -0.3 is 15.2 Å². The maximum atomic E-state index is 5.64. The van der Waals surface area contributed by atoms with Gasteiger partial charge in [0, 0.05) is 11.6 Å². The van der Waals surface area contributed by atoms with Gasteiger partial charge in [-0.3, -0.25) is 0 Å². The molecular formula is C13H15N3O2. The molecule has 0 aliphatic rings. The van der Waals surface area contributed by atoms with Gasteiger partial charge in [-0.25, -0.2) is 4.98 Å². The Bertz CT molecular complexity index is 570. The van der Waals surface area contributed by atoms with Crippen LogP contribution in [0.1, 0.15) is 5.56 Å². The molecule has 0 spiro atoms. The number of aryl methyl sites for hydroxylation is 1. The Kier molecular flexibility index (Phi) is 3.32. The molecule has 0 aliphatic carbocycles. The Morgan fingerprint density at radius 2 is 1.83 bits per heavy atom. The molecule has 0 saturated carbocycles. The summed E-state index contributed by atoms with van der Waals surface area (Å²) in [4.78, 5) is 8.15. The lowest BCUT2D eigenvalue weighted by atomic mass is 10.1. The van der Waals surface area contributed by atoms with Crippen molar-refractivity contribution in [1.82, 2.24) is 9.97 Å². The molecule has 1 heterocycles. The highest BCUT2D eigenvalue weighted by Gasteiger charge is 2.07. The Labute approximate surface area is 106 Å². The van der Waals surface area contributed by atoms with E-state index in [1.165, 1.54) is 0 Å². The summed E-state index contributed by atoms with van der Waals surface area (Å²) >= 11 is 0. The number of methoxy groups -OCH3 is 2. The molecule has 0 amide bonds. The third-order valence-electron chi connectivity index (χ3n) is 2.62. The average molecular weight is 245 g/mol. The maximum absolute atomic E-state index is 5.64. The van der Waals surface area contributed by atoms with Crippen LogP contribution >= 0.6 is 0 Å². The summed E-state index contributed by atoms with van der Waals surface area (Å²) in [5.74, 6) is 1.48. The van der Waals surface area contributed by atoms with Crippen molar-refractivity contribution in [3.63, 3.8) is 0 Å². The summed E-state index contributed by atoms with van der Waals surface area (Å²) < 4.78 is 10.3. The van der Waals surface area contributed by atoms with Gasteiger partial charge in [0.1, 0.15) is 5.75 Å². The fourth-order valence-corrected chi connectivity index (χ4v) is 1.73. The highest BCUT2D eigenvalue weighted by molar-refractivity contribution is 5.63. The molecule has 0 aliphatic heterocycles. The van der Waals surface area contributed by atoms with Crippen molar-refractivity contribution in [2.45, 2.75) is 6.92 Å². The van der Waals surface area contributed by atoms with Gasteiger partial charge in [-0.05, 0) is 30.7 Å². The topological polar surface area (TPSA) is 70.3 Å². The number of benzene rings is 1. The van der Waals surface area contributed by atoms with Crippen molar-refractivity contribution in [3.05, 3.63) is 29.8 Å². The Morgan fingerprint density at radius 1 is 1.06 bits per heavy atom.